The Hall–Kier alpha value is -2.17. The van der Waals surface area contributed by atoms with Crippen LogP contribution in [-0.4, -0.2) is 24.8 Å². The Bertz CT molecular complexity index is 780. The molecule has 1 N–H and O–H groups in total. The molecule has 3 aromatic rings. The molecule has 3 nitrogen and oxygen atoms in total. The predicted octanol–water partition coefficient (Wildman–Crippen LogP) is 3.95. The molecule has 0 saturated carbocycles. The number of aromatic nitrogens is 1. The number of rotatable bonds is 8. The zero-order chi connectivity index (χ0) is 16.8. The van der Waals surface area contributed by atoms with Gasteiger partial charge in [0, 0.05) is 43.9 Å². The molecule has 0 atom stereocenters. The van der Waals surface area contributed by atoms with E-state index in [0.29, 0.717) is 0 Å². The second-order valence-electron chi connectivity index (χ2n) is 5.95. The Balaban J connectivity index is 1.77. The van der Waals surface area contributed by atoms with Gasteiger partial charge in [-0.3, -0.25) is 0 Å². The number of halogens is 1. The van der Waals surface area contributed by atoms with Crippen LogP contribution in [-0.2, 0) is 17.8 Å². The second-order valence-corrected chi connectivity index (χ2v) is 5.95. The summed E-state index contributed by atoms with van der Waals surface area (Å²) in [7, 11) is 1.73. The highest BCUT2D eigenvalue weighted by Crippen LogP contribution is 2.22. The molecule has 0 unspecified atom stereocenters. The first-order chi connectivity index (χ1) is 11.8. The van der Waals surface area contributed by atoms with E-state index < -0.39 is 0 Å². The quantitative estimate of drug-likeness (QED) is 0.634. The van der Waals surface area contributed by atoms with Gasteiger partial charge in [0.15, 0.2) is 0 Å². The molecule has 126 valence electrons. The Morgan fingerprint density at radius 1 is 1.08 bits per heavy atom. The fourth-order valence-corrected chi connectivity index (χ4v) is 2.95. The van der Waals surface area contributed by atoms with Crippen molar-refractivity contribution in [2.45, 2.75) is 19.5 Å². The number of para-hydroxylation sites is 1. The molecular weight excluding hydrogens is 303 g/mol. The van der Waals surface area contributed by atoms with E-state index in [2.05, 4.69) is 40.3 Å². The van der Waals surface area contributed by atoms with E-state index in [-0.39, 0.29) is 5.82 Å². The highest BCUT2D eigenvalue weighted by atomic mass is 19.1. The first-order valence-electron chi connectivity index (χ1n) is 8.29. The number of hydrogen-bond acceptors (Lipinski definition) is 2. The van der Waals surface area contributed by atoms with Gasteiger partial charge in [-0.2, -0.15) is 0 Å². The Morgan fingerprint density at radius 3 is 2.67 bits per heavy atom. The number of ether oxygens (including phenoxy) is 1. The van der Waals surface area contributed by atoms with Crippen LogP contribution in [0.2, 0.25) is 0 Å². The van der Waals surface area contributed by atoms with Crippen LogP contribution in [0.3, 0.4) is 0 Å². The summed E-state index contributed by atoms with van der Waals surface area (Å²) in [5.74, 6) is -0.197. The molecule has 0 radical (unpaired) electrons. The maximum atomic E-state index is 13.1. The van der Waals surface area contributed by atoms with Gasteiger partial charge < -0.3 is 14.6 Å². The third-order valence-corrected chi connectivity index (χ3v) is 4.15. The Kier molecular flexibility index (Phi) is 5.62. The monoisotopic (exact) mass is 326 g/mol. The lowest BCUT2D eigenvalue weighted by Crippen LogP contribution is -2.15. The van der Waals surface area contributed by atoms with E-state index in [1.54, 1.807) is 7.11 Å². The number of nitrogens with zero attached hydrogens (tertiary/aromatic N) is 1. The molecule has 4 heteroatoms. The third-order valence-electron chi connectivity index (χ3n) is 4.15. The average Bonchev–Trinajstić information content (AvgIpc) is 2.95. The van der Waals surface area contributed by atoms with Crippen molar-refractivity contribution >= 4 is 10.9 Å². The second kappa shape index (κ2) is 8.08. The summed E-state index contributed by atoms with van der Waals surface area (Å²) in [6.07, 6.45) is 3.20. The molecule has 0 amide bonds. The Labute approximate surface area is 142 Å². The first-order valence-corrected chi connectivity index (χ1v) is 8.29. The van der Waals surface area contributed by atoms with Gasteiger partial charge in [0.2, 0.25) is 0 Å². The highest BCUT2D eigenvalue weighted by molar-refractivity contribution is 5.84. The zero-order valence-electron chi connectivity index (χ0n) is 14.0. The minimum atomic E-state index is -0.197. The van der Waals surface area contributed by atoms with E-state index in [0.717, 1.165) is 38.2 Å². The smallest absolute Gasteiger partial charge is 0.123 e. The van der Waals surface area contributed by atoms with Crippen LogP contribution in [0.15, 0.2) is 54.7 Å². The minimum Gasteiger partial charge on any atom is -0.385 e. The van der Waals surface area contributed by atoms with E-state index in [4.69, 9.17) is 4.74 Å². The number of fused-ring (bicyclic) bond motifs is 1. The molecular formula is C20H23FN2O. The van der Waals surface area contributed by atoms with Crippen LogP contribution >= 0.6 is 0 Å². The average molecular weight is 326 g/mol. The van der Waals surface area contributed by atoms with Gasteiger partial charge in [0.1, 0.15) is 5.82 Å². The lowest BCUT2D eigenvalue weighted by Gasteiger charge is -2.05. The van der Waals surface area contributed by atoms with Crippen LogP contribution in [0.4, 0.5) is 4.39 Å². The molecule has 0 spiro atoms. The van der Waals surface area contributed by atoms with Crippen molar-refractivity contribution in [2.24, 2.45) is 0 Å². The molecule has 0 bridgehead atoms. The normalized spacial score (nSPS) is 11.2. The maximum Gasteiger partial charge on any atom is 0.123 e. The first kappa shape index (κ1) is 16.7. The van der Waals surface area contributed by atoms with Crippen molar-refractivity contribution in [3.8, 4) is 0 Å². The molecule has 3 rings (SSSR count). The van der Waals surface area contributed by atoms with E-state index in [1.807, 2.05) is 12.1 Å². The molecule has 0 saturated heterocycles. The van der Waals surface area contributed by atoms with Gasteiger partial charge >= 0.3 is 0 Å². The summed E-state index contributed by atoms with van der Waals surface area (Å²) >= 11 is 0. The third kappa shape index (κ3) is 4.02. The van der Waals surface area contributed by atoms with Crippen molar-refractivity contribution in [3.63, 3.8) is 0 Å². The summed E-state index contributed by atoms with van der Waals surface area (Å²) in [6.45, 7) is 3.29. The fourth-order valence-electron chi connectivity index (χ4n) is 2.95. The summed E-state index contributed by atoms with van der Waals surface area (Å²) in [4.78, 5) is 0. The van der Waals surface area contributed by atoms with Gasteiger partial charge in [0.25, 0.3) is 0 Å². The van der Waals surface area contributed by atoms with Gasteiger partial charge in [-0.15, -0.1) is 0 Å². The van der Waals surface area contributed by atoms with Gasteiger partial charge in [-0.25, -0.2) is 4.39 Å². The van der Waals surface area contributed by atoms with Crippen molar-refractivity contribution < 1.29 is 9.13 Å². The summed E-state index contributed by atoms with van der Waals surface area (Å²) in [5, 5.41) is 4.73. The maximum absolute atomic E-state index is 13.1. The molecule has 0 aliphatic heterocycles. The largest absolute Gasteiger partial charge is 0.385 e. The predicted molar refractivity (Wildman–Crippen MR) is 95.6 cm³/mol. The van der Waals surface area contributed by atoms with E-state index in [1.165, 1.54) is 28.6 Å². The number of nitrogens with one attached hydrogen (secondary N) is 1. The zero-order valence-corrected chi connectivity index (χ0v) is 14.0. The molecule has 1 aromatic heterocycles. The lowest BCUT2D eigenvalue weighted by atomic mass is 10.2. The van der Waals surface area contributed by atoms with Gasteiger partial charge in [-0.05, 0) is 42.3 Å². The van der Waals surface area contributed by atoms with Crippen LogP contribution < -0.4 is 5.32 Å². The number of hydrogen-bond donors (Lipinski definition) is 1. The molecule has 0 aliphatic carbocycles. The fraction of sp³-hybridized carbons (Fsp3) is 0.300. The summed E-state index contributed by atoms with van der Waals surface area (Å²) in [5.41, 5.74) is 3.58. The lowest BCUT2D eigenvalue weighted by molar-refractivity contribution is 0.194. The van der Waals surface area contributed by atoms with E-state index in [9.17, 15) is 4.39 Å². The van der Waals surface area contributed by atoms with Crippen molar-refractivity contribution in [1.29, 1.82) is 0 Å². The van der Waals surface area contributed by atoms with Gasteiger partial charge in [0.05, 0.1) is 0 Å². The van der Waals surface area contributed by atoms with E-state index >= 15 is 0 Å². The summed E-state index contributed by atoms with van der Waals surface area (Å²) < 4.78 is 20.4. The van der Waals surface area contributed by atoms with Crippen molar-refractivity contribution in [1.82, 2.24) is 9.88 Å². The summed E-state index contributed by atoms with van der Waals surface area (Å²) in [6, 6.07) is 15.1. The van der Waals surface area contributed by atoms with Crippen LogP contribution in [0.5, 0.6) is 0 Å². The van der Waals surface area contributed by atoms with Crippen LogP contribution in [0, 0.1) is 5.82 Å². The molecule has 0 fully saturated rings. The Morgan fingerprint density at radius 2 is 1.88 bits per heavy atom. The van der Waals surface area contributed by atoms with Crippen LogP contribution in [0.1, 0.15) is 17.5 Å². The highest BCUT2D eigenvalue weighted by Gasteiger charge is 2.08. The number of benzene rings is 2. The molecule has 24 heavy (non-hydrogen) atoms. The van der Waals surface area contributed by atoms with Crippen molar-refractivity contribution in [2.75, 3.05) is 20.3 Å². The standard InChI is InChI=1S/C20H23FN2O/c1-24-12-4-11-22-13-17-15-23(20-6-3-2-5-19(17)20)14-16-7-9-18(21)10-8-16/h2-3,5-10,15,22H,4,11-14H2,1H3. The molecule has 1 heterocycles. The molecule has 0 aliphatic rings. The molecule has 2 aromatic carbocycles. The van der Waals surface area contributed by atoms with Crippen LogP contribution in [0.25, 0.3) is 10.9 Å². The topological polar surface area (TPSA) is 26.2 Å². The SMILES string of the molecule is COCCCNCc1cn(Cc2ccc(F)cc2)c2ccccc12. The number of methoxy groups -OCH3 is 1. The van der Waals surface area contributed by atoms with Gasteiger partial charge in [-0.1, -0.05) is 30.3 Å². The minimum absolute atomic E-state index is 0.197. The van der Waals surface area contributed by atoms with Crippen molar-refractivity contribution in [3.05, 3.63) is 71.7 Å².